The third-order valence-corrected chi connectivity index (χ3v) is 4.55. The lowest BCUT2D eigenvalue weighted by Crippen LogP contribution is -2.14. The SMILES string of the molecule is Cc1cccc(N(C)c2nc3cnc(Nc4cccc(O)c4)cc3n2C)c1. The molecule has 4 rings (SSSR count). The van der Waals surface area contributed by atoms with Gasteiger partial charge in [0, 0.05) is 37.6 Å². The predicted molar refractivity (Wildman–Crippen MR) is 109 cm³/mol. The van der Waals surface area contributed by atoms with Gasteiger partial charge in [-0.05, 0) is 36.8 Å². The Morgan fingerprint density at radius 3 is 2.67 bits per heavy atom. The van der Waals surface area contributed by atoms with E-state index in [1.165, 1.54) is 5.56 Å². The molecule has 0 aliphatic rings. The van der Waals surface area contributed by atoms with E-state index in [4.69, 9.17) is 4.98 Å². The summed E-state index contributed by atoms with van der Waals surface area (Å²) in [5.41, 5.74) is 4.87. The third kappa shape index (κ3) is 3.29. The summed E-state index contributed by atoms with van der Waals surface area (Å²) < 4.78 is 2.05. The summed E-state index contributed by atoms with van der Waals surface area (Å²) in [7, 11) is 4.00. The largest absolute Gasteiger partial charge is 0.508 e. The van der Waals surface area contributed by atoms with Gasteiger partial charge in [0.1, 0.15) is 17.1 Å². The van der Waals surface area contributed by atoms with Crippen molar-refractivity contribution in [2.24, 2.45) is 7.05 Å². The van der Waals surface area contributed by atoms with Crippen molar-refractivity contribution in [1.29, 1.82) is 0 Å². The number of rotatable bonds is 4. The summed E-state index contributed by atoms with van der Waals surface area (Å²) >= 11 is 0. The first-order chi connectivity index (χ1) is 13.0. The molecule has 4 aromatic rings. The van der Waals surface area contributed by atoms with Crippen LogP contribution in [-0.2, 0) is 7.05 Å². The summed E-state index contributed by atoms with van der Waals surface area (Å²) in [4.78, 5) is 11.2. The number of fused-ring (bicyclic) bond motifs is 1. The second-order valence-electron chi connectivity index (χ2n) is 6.60. The van der Waals surface area contributed by atoms with E-state index in [0.717, 1.165) is 28.4 Å². The molecule has 136 valence electrons. The molecule has 6 heteroatoms. The van der Waals surface area contributed by atoms with Crippen LogP contribution < -0.4 is 10.2 Å². The van der Waals surface area contributed by atoms with Crippen molar-refractivity contribution in [3.63, 3.8) is 0 Å². The Hall–Kier alpha value is -3.54. The second kappa shape index (κ2) is 6.64. The minimum atomic E-state index is 0.212. The van der Waals surface area contributed by atoms with E-state index in [-0.39, 0.29) is 5.75 Å². The number of imidazole rings is 1. The quantitative estimate of drug-likeness (QED) is 0.562. The van der Waals surface area contributed by atoms with E-state index in [2.05, 4.69) is 40.3 Å². The zero-order valence-corrected chi connectivity index (χ0v) is 15.5. The Labute approximate surface area is 157 Å². The topological polar surface area (TPSA) is 66.2 Å². The Morgan fingerprint density at radius 2 is 1.89 bits per heavy atom. The van der Waals surface area contributed by atoms with Gasteiger partial charge in [-0.3, -0.25) is 0 Å². The van der Waals surface area contributed by atoms with Crippen LogP contribution in [0.15, 0.2) is 60.8 Å². The van der Waals surface area contributed by atoms with E-state index in [0.29, 0.717) is 5.82 Å². The third-order valence-electron chi connectivity index (χ3n) is 4.55. The van der Waals surface area contributed by atoms with Crippen molar-refractivity contribution in [3.8, 4) is 5.75 Å². The molecule has 0 aliphatic heterocycles. The van der Waals surface area contributed by atoms with Crippen molar-refractivity contribution in [1.82, 2.24) is 14.5 Å². The fraction of sp³-hybridized carbons (Fsp3) is 0.143. The van der Waals surface area contributed by atoms with Gasteiger partial charge in [0.15, 0.2) is 0 Å². The highest BCUT2D eigenvalue weighted by Gasteiger charge is 2.14. The number of hydrogen-bond acceptors (Lipinski definition) is 5. The van der Waals surface area contributed by atoms with Crippen molar-refractivity contribution in [3.05, 3.63) is 66.4 Å². The number of phenolic OH excluding ortho intramolecular Hbond substituents is 1. The smallest absolute Gasteiger partial charge is 0.210 e. The fourth-order valence-corrected chi connectivity index (χ4v) is 3.13. The highest BCUT2D eigenvalue weighted by atomic mass is 16.3. The second-order valence-corrected chi connectivity index (χ2v) is 6.60. The van der Waals surface area contributed by atoms with E-state index in [1.54, 1.807) is 24.4 Å². The molecule has 0 spiro atoms. The summed E-state index contributed by atoms with van der Waals surface area (Å²) in [5, 5.41) is 12.8. The van der Waals surface area contributed by atoms with Crippen molar-refractivity contribution >= 4 is 34.2 Å². The normalized spacial score (nSPS) is 10.9. The maximum absolute atomic E-state index is 9.62. The number of nitrogens with zero attached hydrogens (tertiary/aromatic N) is 4. The summed E-state index contributed by atoms with van der Waals surface area (Å²) in [6.07, 6.45) is 1.76. The van der Waals surface area contributed by atoms with Crippen LogP contribution in [0.2, 0.25) is 0 Å². The van der Waals surface area contributed by atoms with Crippen LogP contribution in [0.4, 0.5) is 23.1 Å². The summed E-state index contributed by atoms with van der Waals surface area (Å²) in [6, 6.07) is 17.2. The molecule has 2 N–H and O–H groups in total. The minimum absolute atomic E-state index is 0.212. The van der Waals surface area contributed by atoms with Crippen LogP contribution in [0.5, 0.6) is 5.75 Å². The standard InChI is InChI=1S/C21H21N5O/c1-14-6-4-8-16(10-14)25(2)21-24-18-13-22-20(12-19(18)26(21)3)23-15-7-5-9-17(27)11-15/h4-13,27H,1-3H3,(H,22,23). The molecule has 6 nitrogen and oxygen atoms in total. The lowest BCUT2D eigenvalue weighted by Gasteiger charge is -2.18. The first-order valence-corrected chi connectivity index (χ1v) is 8.70. The molecule has 0 saturated heterocycles. The first-order valence-electron chi connectivity index (χ1n) is 8.70. The average Bonchev–Trinajstić information content (AvgIpc) is 2.97. The zero-order valence-electron chi connectivity index (χ0n) is 15.5. The summed E-state index contributed by atoms with van der Waals surface area (Å²) in [5.74, 6) is 1.75. The molecule has 0 atom stereocenters. The number of aryl methyl sites for hydroxylation is 2. The molecule has 2 aromatic carbocycles. The molecule has 0 amide bonds. The molecule has 0 bridgehead atoms. The zero-order chi connectivity index (χ0) is 19.0. The maximum Gasteiger partial charge on any atom is 0.210 e. The number of phenols is 1. The van der Waals surface area contributed by atoms with Crippen LogP contribution >= 0.6 is 0 Å². The highest BCUT2D eigenvalue weighted by molar-refractivity contribution is 5.82. The summed E-state index contributed by atoms with van der Waals surface area (Å²) in [6.45, 7) is 2.08. The van der Waals surface area contributed by atoms with Crippen molar-refractivity contribution < 1.29 is 5.11 Å². The minimum Gasteiger partial charge on any atom is -0.508 e. The molecule has 27 heavy (non-hydrogen) atoms. The van der Waals surface area contributed by atoms with E-state index in [9.17, 15) is 5.11 Å². The Bertz CT molecular complexity index is 1120. The van der Waals surface area contributed by atoms with Gasteiger partial charge in [-0.1, -0.05) is 18.2 Å². The maximum atomic E-state index is 9.62. The number of hydrogen-bond donors (Lipinski definition) is 2. The van der Waals surface area contributed by atoms with Crippen LogP contribution in [0.25, 0.3) is 11.0 Å². The lowest BCUT2D eigenvalue weighted by atomic mass is 10.2. The molecule has 0 saturated carbocycles. The van der Waals surface area contributed by atoms with Gasteiger partial charge in [-0.25, -0.2) is 9.97 Å². The molecular formula is C21H21N5O. The number of benzene rings is 2. The van der Waals surface area contributed by atoms with Crippen LogP contribution in [0, 0.1) is 6.92 Å². The Kier molecular flexibility index (Phi) is 4.16. The van der Waals surface area contributed by atoms with Crippen LogP contribution in [0.3, 0.4) is 0 Å². The number of pyridine rings is 1. The molecule has 0 radical (unpaired) electrons. The van der Waals surface area contributed by atoms with Gasteiger partial charge in [0.05, 0.1) is 11.7 Å². The molecular weight excluding hydrogens is 338 g/mol. The van der Waals surface area contributed by atoms with Crippen molar-refractivity contribution in [2.45, 2.75) is 6.92 Å². The molecule has 2 heterocycles. The van der Waals surface area contributed by atoms with Gasteiger partial charge in [0.2, 0.25) is 5.95 Å². The molecule has 0 aliphatic carbocycles. The van der Waals surface area contributed by atoms with E-state index in [1.807, 2.05) is 36.9 Å². The number of aromatic hydroxyl groups is 1. The van der Waals surface area contributed by atoms with Gasteiger partial charge < -0.3 is 19.9 Å². The molecule has 0 fully saturated rings. The first kappa shape index (κ1) is 16.9. The van der Waals surface area contributed by atoms with Gasteiger partial charge in [-0.2, -0.15) is 0 Å². The number of aromatic nitrogens is 3. The van der Waals surface area contributed by atoms with Crippen LogP contribution in [-0.4, -0.2) is 26.7 Å². The monoisotopic (exact) mass is 359 g/mol. The highest BCUT2D eigenvalue weighted by Crippen LogP contribution is 2.28. The Balaban J connectivity index is 1.69. The van der Waals surface area contributed by atoms with Crippen LogP contribution in [0.1, 0.15) is 5.56 Å². The number of nitrogens with one attached hydrogen (secondary N) is 1. The van der Waals surface area contributed by atoms with Gasteiger partial charge >= 0.3 is 0 Å². The average molecular weight is 359 g/mol. The molecule has 2 aromatic heterocycles. The van der Waals surface area contributed by atoms with E-state index < -0.39 is 0 Å². The fourth-order valence-electron chi connectivity index (χ4n) is 3.13. The predicted octanol–water partition coefficient (Wildman–Crippen LogP) is 4.49. The number of anilines is 4. The van der Waals surface area contributed by atoms with E-state index >= 15 is 0 Å². The van der Waals surface area contributed by atoms with Gasteiger partial charge in [0.25, 0.3) is 0 Å². The van der Waals surface area contributed by atoms with Gasteiger partial charge in [-0.15, -0.1) is 0 Å². The molecule has 0 unspecified atom stereocenters. The van der Waals surface area contributed by atoms with Crippen molar-refractivity contribution in [2.75, 3.05) is 17.3 Å². The lowest BCUT2D eigenvalue weighted by molar-refractivity contribution is 0.475. The Morgan fingerprint density at radius 1 is 1.07 bits per heavy atom.